The van der Waals surface area contributed by atoms with Crippen molar-refractivity contribution in [1.29, 1.82) is 0 Å². The van der Waals surface area contributed by atoms with E-state index in [2.05, 4.69) is 5.32 Å². The Bertz CT molecular complexity index is 634. The van der Waals surface area contributed by atoms with E-state index in [9.17, 15) is 14.4 Å². The summed E-state index contributed by atoms with van der Waals surface area (Å²) in [5.74, 6) is -2.11. The number of nitrogens with two attached hydrogens (primary N) is 1. The Labute approximate surface area is 121 Å². The number of ether oxygens (including phenoxy) is 1. The minimum Gasteiger partial charge on any atom is -0.495 e. The van der Waals surface area contributed by atoms with Crippen LogP contribution in [0.15, 0.2) is 29.3 Å². The van der Waals surface area contributed by atoms with Crippen LogP contribution in [0.25, 0.3) is 0 Å². The lowest BCUT2D eigenvalue weighted by Crippen LogP contribution is -2.18. The summed E-state index contributed by atoms with van der Waals surface area (Å²) in [5, 5.41) is 11.4. The fourth-order valence-corrected chi connectivity index (χ4v) is 1.51. The monoisotopic (exact) mass is 292 g/mol. The molecule has 0 heterocycles. The number of hydrogen-bond donors (Lipinski definition) is 3. The predicted octanol–water partition coefficient (Wildman–Crippen LogP) is 1.15. The summed E-state index contributed by atoms with van der Waals surface area (Å²) >= 11 is 0. The van der Waals surface area contributed by atoms with Gasteiger partial charge in [-0.2, -0.15) is 0 Å². The summed E-state index contributed by atoms with van der Waals surface area (Å²) in [6.07, 6.45) is 0. The highest BCUT2D eigenvalue weighted by atomic mass is 16.5. The first-order chi connectivity index (χ1) is 9.77. The molecule has 0 radical (unpaired) electrons. The van der Waals surface area contributed by atoms with Crippen molar-refractivity contribution in [3.63, 3.8) is 0 Å². The molecule has 0 aliphatic heterocycles. The minimum atomic E-state index is -1.18. The zero-order valence-corrected chi connectivity index (χ0v) is 11.9. The number of anilines is 1. The molecule has 2 amide bonds. The lowest BCUT2D eigenvalue weighted by molar-refractivity contribution is -0.133. The highest BCUT2D eigenvalue weighted by molar-refractivity contribution is 6.09. The van der Waals surface area contributed by atoms with Crippen LogP contribution < -0.4 is 15.8 Å². The standard InChI is InChI=1S/C14H16N2O5/c1-7(8(2)14(19)20)13(18)16-10-6-9(12(15)17)4-5-11(10)21-3/h4-6H,1-3H3,(H2,15,17)(H,16,18)(H,19,20). The summed E-state index contributed by atoms with van der Waals surface area (Å²) in [6, 6.07) is 4.31. The second-order valence-electron chi connectivity index (χ2n) is 4.29. The molecule has 7 heteroatoms. The summed E-state index contributed by atoms with van der Waals surface area (Å²) < 4.78 is 5.07. The third-order valence-corrected chi connectivity index (χ3v) is 2.96. The van der Waals surface area contributed by atoms with Gasteiger partial charge in [0.25, 0.3) is 5.91 Å². The molecule has 0 atom stereocenters. The molecular formula is C14H16N2O5. The maximum Gasteiger partial charge on any atom is 0.331 e. The minimum absolute atomic E-state index is 0.0500. The zero-order valence-electron chi connectivity index (χ0n) is 11.9. The van der Waals surface area contributed by atoms with Crippen molar-refractivity contribution in [2.24, 2.45) is 5.73 Å². The number of rotatable bonds is 5. The smallest absolute Gasteiger partial charge is 0.331 e. The van der Waals surface area contributed by atoms with Crippen LogP contribution >= 0.6 is 0 Å². The largest absolute Gasteiger partial charge is 0.495 e. The first-order valence-electron chi connectivity index (χ1n) is 5.98. The van der Waals surface area contributed by atoms with E-state index in [0.717, 1.165) is 0 Å². The van der Waals surface area contributed by atoms with Crippen LogP contribution in [0, 0.1) is 0 Å². The Balaban J connectivity index is 3.15. The van der Waals surface area contributed by atoms with E-state index < -0.39 is 17.8 Å². The summed E-state index contributed by atoms with van der Waals surface area (Å²) in [5.41, 5.74) is 5.58. The zero-order chi connectivity index (χ0) is 16.2. The van der Waals surface area contributed by atoms with Gasteiger partial charge in [0.2, 0.25) is 5.91 Å². The van der Waals surface area contributed by atoms with E-state index in [1.807, 2.05) is 0 Å². The molecular weight excluding hydrogens is 276 g/mol. The van der Waals surface area contributed by atoms with Gasteiger partial charge in [-0.1, -0.05) is 0 Å². The van der Waals surface area contributed by atoms with Gasteiger partial charge < -0.3 is 20.9 Å². The second-order valence-corrected chi connectivity index (χ2v) is 4.29. The number of aliphatic carboxylic acids is 1. The topological polar surface area (TPSA) is 119 Å². The highest BCUT2D eigenvalue weighted by Gasteiger charge is 2.15. The van der Waals surface area contributed by atoms with Crippen molar-refractivity contribution in [1.82, 2.24) is 0 Å². The number of methoxy groups -OCH3 is 1. The molecule has 4 N–H and O–H groups in total. The van der Waals surface area contributed by atoms with Crippen molar-refractivity contribution in [3.8, 4) is 5.75 Å². The van der Waals surface area contributed by atoms with Crippen LogP contribution in [0.5, 0.6) is 5.75 Å². The molecule has 0 fully saturated rings. The van der Waals surface area contributed by atoms with Gasteiger partial charge in [0.1, 0.15) is 5.75 Å². The Kier molecular flexibility index (Phi) is 5.06. The van der Waals surface area contributed by atoms with Crippen molar-refractivity contribution in [3.05, 3.63) is 34.9 Å². The molecule has 1 aromatic rings. The van der Waals surface area contributed by atoms with Gasteiger partial charge in [-0.3, -0.25) is 9.59 Å². The second kappa shape index (κ2) is 6.56. The molecule has 112 valence electrons. The Morgan fingerprint density at radius 2 is 1.81 bits per heavy atom. The fraction of sp³-hybridized carbons (Fsp3) is 0.214. The number of carbonyl (C=O) groups is 3. The molecule has 0 saturated heterocycles. The maximum atomic E-state index is 12.0. The normalized spacial score (nSPS) is 11.4. The Hall–Kier alpha value is -2.83. The van der Waals surface area contributed by atoms with Crippen LogP contribution in [-0.2, 0) is 9.59 Å². The number of nitrogens with one attached hydrogen (secondary N) is 1. The molecule has 21 heavy (non-hydrogen) atoms. The molecule has 0 bridgehead atoms. The van der Waals surface area contributed by atoms with E-state index >= 15 is 0 Å². The Morgan fingerprint density at radius 3 is 2.29 bits per heavy atom. The molecule has 0 aliphatic carbocycles. The van der Waals surface area contributed by atoms with E-state index in [1.54, 1.807) is 0 Å². The first kappa shape index (κ1) is 16.2. The number of carboxylic acids is 1. The van der Waals surface area contributed by atoms with E-state index in [0.29, 0.717) is 5.75 Å². The van der Waals surface area contributed by atoms with E-state index in [1.165, 1.54) is 39.2 Å². The fourth-order valence-electron chi connectivity index (χ4n) is 1.51. The molecule has 1 aromatic carbocycles. The van der Waals surface area contributed by atoms with Crippen LogP contribution in [0.3, 0.4) is 0 Å². The van der Waals surface area contributed by atoms with Crippen molar-refractivity contribution >= 4 is 23.5 Å². The summed E-state index contributed by atoms with van der Waals surface area (Å²) in [7, 11) is 1.40. The van der Waals surface area contributed by atoms with Crippen LogP contribution in [-0.4, -0.2) is 30.0 Å². The molecule has 0 unspecified atom stereocenters. The maximum absolute atomic E-state index is 12.0. The van der Waals surface area contributed by atoms with Crippen LogP contribution in [0.4, 0.5) is 5.69 Å². The van der Waals surface area contributed by atoms with Gasteiger partial charge in [0, 0.05) is 16.7 Å². The molecule has 0 aromatic heterocycles. The average molecular weight is 292 g/mol. The Morgan fingerprint density at radius 1 is 1.19 bits per heavy atom. The van der Waals surface area contributed by atoms with Gasteiger partial charge in [-0.05, 0) is 32.0 Å². The van der Waals surface area contributed by atoms with Crippen molar-refractivity contribution < 1.29 is 24.2 Å². The third kappa shape index (κ3) is 3.82. The predicted molar refractivity (Wildman–Crippen MR) is 76.2 cm³/mol. The van der Waals surface area contributed by atoms with Crippen LogP contribution in [0.2, 0.25) is 0 Å². The molecule has 1 rings (SSSR count). The van der Waals surface area contributed by atoms with Crippen molar-refractivity contribution in [2.75, 3.05) is 12.4 Å². The number of hydrogen-bond acceptors (Lipinski definition) is 4. The van der Waals surface area contributed by atoms with Gasteiger partial charge in [-0.15, -0.1) is 0 Å². The summed E-state index contributed by atoms with van der Waals surface area (Å²) in [6.45, 7) is 2.72. The number of carboxylic acid groups (broad SMARTS) is 1. The number of carbonyl (C=O) groups excluding carboxylic acids is 2. The van der Waals surface area contributed by atoms with E-state index in [-0.39, 0.29) is 22.4 Å². The first-order valence-corrected chi connectivity index (χ1v) is 5.98. The number of amides is 2. The molecule has 7 nitrogen and oxygen atoms in total. The summed E-state index contributed by atoms with van der Waals surface area (Å²) in [4.78, 5) is 34.0. The quantitative estimate of drug-likeness (QED) is 0.703. The van der Waals surface area contributed by atoms with E-state index in [4.69, 9.17) is 15.6 Å². The van der Waals surface area contributed by atoms with Gasteiger partial charge in [-0.25, -0.2) is 4.79 Å². The van der Waals surface area contributed by atoms with Gasteiger partial charge in [0.05, 0.1) is 12.8 Å². The molecule has 0 aliphatic rings. The molecule has 0 saturated carbocycles. The van der Waals surface area contributed by atoms with Gasteiger partial charge in [0.15, 0.2) is 0 Å². The van der Waals surface area contributed by atoms with Crippen molar-refractivity contribution in [2.45, 2.75) is 13.8 Å². The van der Waals surface area contributed by atoms with Gasteiger partial charge >= 0.3 is 5.97 Å². The third-order valence-electron chi connectivity index (χ3n) is 2.96. The lowest BCUT2D eigenvalue weighted by atomic mass is 10.1. The van der Waals surface area contributed by atoms with Crippen LogP contribution in [0.1, 0.15) is 24.2 Å². The number of primary amides is 1. The average Bonchev–Trinajstić information content (AvgIpc) is 2.45. The highest BCUT2D eigenvalue weighted by Crippen LogP contribution is 2.26. The SMILES string of the molecule is COc1ccc(C(N)=O)cc1NC(=O)C(C)=C(C)C(=O)O. The number of benzene rings is 1. The molecule has 0 spiro atoms. The lowest BCUT2D eigenvalue weighted by Gasteiger charge is -2.12.